The summed E-state index contributed by atoms with van der Waals surface area (Å²) in [6.07, 6.45) is 0.911. The molecule has 0 atom stereocenters. The number of carbonyl (C=O) groups excluding carboxylic acids is 3. The van der Waals surface area contributed by atoms with E-state index < -0.39 is 21.6 Å². The Kier molecular flexibility index (Phi) is 13.3. The maximum absolute atomic E-state index is 11.9. The van der Waals surface area contributed by atoms with Gasteiger partial charge in [0.25, 0.3) is 10.1 Å². The van der Waals surface area contributed by atoms with Crippen LogP contribution < -0.4 is 10.6 Å². The summed E-state index contributed by atoms with van der Waals surface area (Å²) < 4.78 is 38.7. The minimum Gasteiger partial charge on any atom is -0.462 e. The first-order valence-electron chi connectivity index (χ1n) is 10.0. The van der Waals surface area contributed by atoms with Crippen LogP contribution in [0.4, 0.5) is 4.79 Å². The maximum Gasteiger partial charge on any atom is 0.407 e. The summed E-state index contributed by atoms with van der Waals surface area (Å²) in [6.45, 7) is 9.20. The Labute approximate surface area is 179 Å². The van der Waals surface area contributed by atoms with Crippen molar-refractivity contribution in [1.82, 2.24) is 10.6 Å². The van der Waals surface area contributed by atoms with E-state index in [-0.39, 0.29) is 56.3 Å². The predicted molar refractivity (Wildman–Crippen MR) is 111 cm³/mol. The number of carbonyl (C=O) groups is 3. The van der Waals surface area contributed by atoms with Gasteiger partial charge in [-0.05, 0) is 24.7 Å². The van der Waals surface area contributed by atoms with Crippen molar-refractivity contribution < 1.29 is 36.5 Å². The van der Waals surface area contributed by atoms with Gasteiger partial charge in [0.05, 0.1) is 18.3 Å². The Morgan fingerprint density at radius 1 is 0.967 bits per heavy atom. The lowest BCUT2D eigenvalue weighted by Crippen LogP contribution is -2.29. The molecule has 0 aromatic rings. The van der Waals surface area contributed by atoms with Gasteiger partial charge in [0.1, 0.15) is 13.2 Å². The molecule has 0 aliphatic heterocycles. The number of nitrogens with one attached hydrogen (secondary N) is 2. The first-order valence-corrected chi connectivity index (χ1v) is 11.6. The fourth-order valence-electron chi connectivity index (χ4n) is 2.15. The van der Waals surface area contributed by atoms with Crippen LogP contribution in [0.3, 0.4) is 0 Å². The van der Waals surface area contributed by atoms with Crippen molar-refractivity contribution in [2.75, 3.05) is 38.7 Å². The van der Waals surface area contributed by atoms with Gasteiger partial charge in [-0.15, -0.1) is 0 Å². The predicted octanol–water partition coefficient (Wildman–Crippen LogP) is 1.59. The van der Waals surface area contributed by atoms with Gasteiger partial charge >= 0.3 is 12.1 Å². The molecule has 0 radical (unpaired) electrons. The van der Waals surface area contributed by atoms with Gasteiger partial charge in [0, 0.05) is 20.0 Å². The van der Waals surface area contributed by atoms with E-state index in [1.807, 2.05) is 13.8 Å². The third kappa shape index (κ3) is 16.0. The van der Waals surface area contributed by atoms with Crippen molar-refractivity contribution >= 4 is 28.1 Å². The van der Waals surface area contributed by atoms with E-state index in [4.69, 9.17) is 13.7 Å². The molecule has 0 aromatic heterocycles. The molecule has 11 heteroatoms. The second kappa shape index (κ2) is 14.2. The lowest BCUT2D eigenvalue weighted by atomic mass is 9.89. The molecule has 0 spiro atoms. The van der Waals surface area contributed by atoms with Crippen molar-refractivity contribution in [3.8, 4) is 0 Å². The average Bonchev–Trinajstić information content (AvgIpc) is 2.64. The Morgan fingerprint density at radius 3 is 2.17 bits per heavy atom. The van der Waals surface area contributed by atoms with E-state index in [2.05, 4.69) is 10.6 Å². The second-order valence-corrected chi connectivity index (χ2v) is 9.77. The van der Waals surface area contributed by atoms with Gasteiger partial charge in [-0.25, -0.2) is 4.79 Å². The SMILES string of the molecule is CC(=O)NCCCS(=O)(=O)OCC(C)(C)CCCNC(=O)OCCOC(=O)C(C)C. The smallest absolute Gasteiger partial charge is 0.407 e. The largest absolute Gasteiger partial charge is 0.462 e. The Balaban J connectivity index is 3.94. The summed E-state index contributed by atoms with van der Waals surface area (Å²) in [7, 11) is -3.66. The number of hydrogen-bond donors (Lipinski definition) is 2. The molecular weight excluding hydrogens is 416 g/mol. The Bertz CT molecular complexity index is 647. The molecule has 2 N–H and O–H groups in total. The molecule has 0 aliphatic rings. The van der Waals surface area contributed by atoms with Crippen molar-refractivity contribution in [2.24, 2.45) is 11.3 Å². The molecule has 0 fully saturated rings. The zero-order valence-electron chi connectivity index (χ0n) is 18.6. The number of amides is 2. The van der Waals surface area contributed by atoms with Crippen molar-refractivity contribution in [2.45, 2.75) is 53.9 Å². The lowest BCUT2D eigenvalue weighted by Gasteiger charge is -2.24. The van der Waals surface area contributed by atoms with Gasteiger partial charge in [-0.1, -0.05) is 27.7 Å². The molecule has 0 aliphatic carbocycles. The van der Waals surface area contributed by atoms with Crippen LogP contribution in [-0.2, 0) is 33.4 Å². The number of rotatable bonds is 15. The highest BCUT2D eigenvalue weighted by atomic mass is 32.2. The molecule has 0 rings (SSSR count). The fraction of sp³-hybridized carbons (Fsp3) is 0.842. The molecule has 30 heavy (non-hydrogen) atoms. The van der Waals surface area contributed by atoms with Crippen LogP contribution in [-0.4, -0.2) is 65.1 Å². The summed E-state index contributed by atoms with van der Waals surface area (Å²) in [5, 5.41) is 5.12. The quantitative estimate of drug-likeness (QED) is 0.217. The first kappa shape index (κ1) is 28.1. The van der Waals surface area contributed by atoms with Gasteiger partial charge in [0.2, 0.25) is 5.91 Å². The maximum atomic E-state index is 11.9. The van der Waals surface area contributed by atoms with Crippen LogP contribution >= 0.6 is 0 Å². The van der Waals surface area contributed by atoms with Crippen molar-refractivity contribution in [3.63, 3.8) is 0 Å². The number of ether oxygens (including phenoxy) is 2. The van der Waals surface area contributed by atoms with Crippen LogP contribution in [0.15, 0.2) is 0 Å². The summed E-state index contributed by atoms with van der Waals surface area (Å²) in [5.41, 5.74) is -0.401. The van der Waals surface area contributed by atoms with Crippen LogP contribution in [0.25, 0.3) is 0 Å². The van der Waals surface area contributed by atoms with Gasteiger partial charge in [-0.3, -0.25) is 13.8 Å². The Morgan fingerprint density at radius 2 is 1.57 bits per heavy atom. The summed E-state index contributed by atoms with van der Waals surface area (Å²) in [4.78, 5) is 33.6. The van der Waals surface area contributed by atoms with E-state index in [9.17, 15) is 22.8 Å². The van der Waals surface area contributed by atoms with Crippen molar-refractivity contribution in [1.29, 1.82) is 0 Å². The highest BCUT2D eigenvalue weighted by Crippen LogP contribution is 2.23. The zero-order chi connectivity index (χ0) is 23.2. The molecule has 0 heterocycles. The highest BCUT2D eigenvalue weighted by molar-refractivity contribution is 7.86. The van der Waals surface area contributed by atoms with E-state index in [0.29, 0.717) is 19.4 Å². The van der Waals surface area contributed by atoms with Crippen LogP contribution in [0.2, 0.25) is 0 Å². The van der Waals surface area contributed by atoms with E-state index in [0.717, 1.165) is 0 Å². The third-order valence-electron chi connectivity index (χ3n) is 3.91. The highest BCUT2D eigenvalue weighted by Gasteiger charge is 2.22. The van der Waals surface area contributed by atoms with Crippen LogP contribution in [0.1, 0.15) is 53.9 Å². The molecule has 0 aromatic carbocycles. The molecule has 0 saturated heterocycles. The zero-order valence-corrected chi connectivity index (χ0v) is 19.4. The summed E-state index contributed by atoms with van der Waals surface area (Å²) in [5.74, 6) is -0.951. The Hall–Kier alpha value is -1.88. The lowest BCUT2D eigenvalue weighted by molar-refractivity contribution is -0.148. The van der Waals surface area contributed by atoms with E-state index in [1.54, 1.807) is 13.8 Å². The topological polar surface area (TPSA) is 137 Å². The molecule has 2 amide bonds. The van der Waals surface area contributed by atoms with Gasteiger partial charge < -0.3 is 20.1 Å². The molecule has 10 nitrogen and oxygen atoms in total. The molecule has 0 saturated carbocycles. The monoisotopic (exact) mass is 452 g/mol. The molecule has 0 bridgehead atoms. The van der Waals surface area contributed by atoms with E-state index >= 15 is 0 Å². The first-order chi connectivity index (χ1) is 13.8. The average molecular weight is 453 g/mol. The van der Waals surface area contributed by atoms with Gasteiger partial charge in [0.15, 0.2) is 0 Å². The van der Waals surface area contributed by atoms with E-state index in [1.165, 1.54) is 6.92 Å². The van der Waals surface area contributed by atoms with Gasteiger partial charge in [-0.2, -0.15) is 8.42 Å². The number of alkyl carbamates (subject to hydrolysis) is 1. The van der Waals surface area contributed by atoms with Crippen LogP contribution in [0.5, 0.6) is 0 Å². The summed E-state index contributed by atoms with van der Waals surface area (Å²) >= 11 is 0. The standard InChI is InChI=1S/C19H36N2O8S/c1-15(2)17(23)27-11-12-28-18(24)21-9-6-8-19(4,5)14-29-30(25,26)13-7-10-20-16(3)22/h15H,6-14H2,1-5H3,(H,20,22)(H,21,24). The molecule has 0 unspecified atom stereocenters. The minimum atomic E-state index is -3.66. The number of hydrogen-bond acceptors (Lipinski definition) is 8. The summed E-state index contributed by atoms with van der Waals surface area (Å²) in [6, 6.07) is 0. The fourth-order valence-corrected chi connectivity index (χ4v) is 3.26. The third-order valence-corrected chi connectivity index (χ3v) is 5.17. The van der Waals surface area contributed by atoms with Crippen LogP contribution in [0, 0.1) is 11.3 Å². The molecule has 176 valence electrons. The number of esters is 1. The second-order valence-electron chi connectivity index (χ2n) is 8.01. The normalized spacial score (nSPS) is 11.8. The minimum absolute atomic E-state index is 0.00803. The van der Waals surface area contributed by atoms with Crippen molar-refractivity contribution in [3.05, 3.63) is 0 Å². The molecular formula is C19H36N2O8S.